The Kier molecular flexibility index (Phi) is 4.56. The van der Waals surface area contributed by atoms with Gasteiger partial charge in [-0.3, -0.25) is 0 Å². The first kappa shape index (κ1) is 19.5. The highest BCUT2D eigenvalue weighted by molar-refractivity contribution is 5.55. The van der Waals surface area contributed by atoms with Gasteiger partial charge in [0.1, 0.15) is 5.82 Å². The number of halogens is 1. The summed E-state index contributed by atoms with van der Waals surface area (Å²) in [7, 11) is 0. The first-order valence-electron chi connectivity index (χ1n) is 11.3. The highest BCUT2D eigenvalue weighted by Gasteiger charge is 2.59. The maximum Gasteiger partial charge on any atom is 0.123 e. The molecular formula is C26H33FO2. The van der Waals surface area contributed by atoms with Gasteiger partial charge in [-0.2, -0.15) is 0 Å². The van der Waals surface area contributed by atoms with Gasteiger partial charge in [-0.15, -0.1) is 0 Å². The quantitative estimate of drug-likeness (QED) is 0.615. The number of aliphatic hydroxyl groups excluding tert-OH is 2. The molecule has 0 heterocycles. The molecular weight excluding hydrogens is 363 g/mol. The predicted molar refractivity (Wildman–Crippen MR) is 113 cm³/mol. The topological polar surface area (TPSA) is 40.5 Å². The van der Waals surface area contributed by atoms with E-state index in [0.29, 0.717) is 17.8 Å². The summed E-state index contributed by atoms with van der Waals surface area (Å²) < 4.78 is 13.3. The van der Waals surface area contributed by atoms with Crippen LogP contribution in [0.1, 0.15) is 64.4 Å². The van der Waals surface area contributed by atoms with Crippen molar-refractivity contribution in [1.82, 2.24) is 0 Å². The third kappa shape index (κ3) is 2.96. The van der Waals surface area contributed by atoms with Crippen LogP contribution in [0.25, 0.3) is 6.08 Å². The summed E-state index contributed by atoms with van der Waals surface area (Å²) in [6, 6.07) is 6.58. The molecule has 0 amide bonds. The molecule has 1 aromatic rings. The number of benzene rings is 1. The highest BCUT2D eigenvalue weighted by Crippen LogP contribution is 2.65. The molecule has 4 aliphatic carbocycles. The van der Waals surface area contributed by atoms with Gasteiger partial charge in [-0.05, 0) is 91.4 Å². The van der Waals surface area contributed by atoms with E-state index >= 15 is 0 Å². The lowest BCUT2D eigenvalue weighted by atomic mass is 9.48. The van der Waals surface area contributed by atoms with Crippen molar-refractivity contribution in [2.75, 3.05) is 0 Å². The van der Waals surface area contributed by atoms with Gasteiger partial charge < -0.3 is 10.2 Å². The Labute approximate surface area is 173 Å². The van der Waals surface area contributed by atoms with E-state index < -0.39 is 6.10 Å². The monoisotopic (exact) mass is 396 g/mol. The third-order valence-corrected chi connectivity index (χ3v) is 9.17. The first-order valence-corrected chi connectivity index (χ1v) is 11.3. The minimum Gasteiger partial charge on any atom is -0.393 e. The van der Waals surface area contributed by atoms with E-state index in [1.54, 1.807) is 12.1 Å². The molecule has 0 saturated heterocycles. The molecule has 29 heavy (non-hydrogen) atoms. The van der Waals surface area contributed by atoms with Crippen LogP contribution >= 0.6 is 0 Å². The summed E-state index contributed by atoms with van der Waals surface area (Å²) in [5.41, 5.74) is 3.73. The number of allylic oxidation sites excluding steroid dienone is 1. The van der Waals surface area contributed by atoms with Crippen molar-refractivity contribution in [3.05, 3.63) is 52.9 Å². The minimum atomic E-state index is -0.412. The van der Waals surface area contributed by atoms with Gasteiger partial charge >= 0.3 is 0 Å². The smallest absolute Gasteiger partial charge is 0.123 e. The molecule has 2 N–H and O–H groups in total. The normalized spacial score (nSPS) is 45.3. The predicted octanol–water partition coefficient (Wildman–Crippen LogP) is 5.50. The van der Waals surface area contributed by atoms with Crippen LogP contribution in [0.4, 0.5) is 4.39 Å². The minimum absolute atomic E-state index is 0.0666. The fraction of sp³-hybridized carbons (Fsp3) is 0.615. The van der Waals surface area contributed by atoms with E-state index in [1.807, 2.05) is 0 Å². The molecule has 0 unspecified atom stereocenters. The maximum atomic E-state index is 13.3. The lowest BCUT2D eigenvalue weighted by Crippen LogP contribution is -2.51. The van der Waals surface area contributed by atoms with Crippen LogP contribution in [0.2, 0.25) is 0 Å². The fourth-order valence-corrected chi connectivity index (χ4v) is 7.41. The lowest BCUT2D eigenvalue weighted by Gasteiger charge is -2.57. The van der Waals surface area contributed by atoms with E-state index in [9.17, 15) is 14.6 Å². The van der Waals surface area contributed by atoms with E-state index in [1.165, 1.54) is 24.1 Å². The van der Waals surface area contributed by atoms with Crippen molar-refractivity contribution >= 4 is 6.08 Å². The van der Waals surface area contributed by atoms with Crippen LogP contribution in [-0.2, 0) is 0 Å². The molecule has 2 nitrogen and oxygen atoms in total. The van der Waals surface area contributed by atoms with Gasteiger partial charge in [0.25, 0.3) is 0 Å². The maximum absolute atomic E-state index is 13.3. The van der Waals surface area contributed by atoms with Crippen molar-refractivity contribution in [3.63, 3.8) is 0 Å². The number of hydrogen-bond acceptors (Lipinski definition) is 2. The van der Waals surface area contributed by atoms with Crippen molar-refractivity contribution < 1.29 is 14.6 Å². The molecule has 3 heteroatoms. The number of hydrogen-bond donors (Lipinski definition) is 2. The molecule has 0 aliphatic heterocycles. The second-order valence-corrected chi connectivity index (χ2v) is 10.6. The van der Waals surface area contributed by atoms with Crippen LogP contribution in [-0.4, -0.2) is 22.4 Å². The summed E-state index contributed by atoms with van der Waals surface area (Å²) in [4.78, 5) is 0. The van der Waals surface area contributed by atoms with Crippen molar-refractivity contribution in [1.29, 1.82) is 0 Å². The van der Waals surface area contributed by atoms with Gasteiger partial charge in [0, 0.05) is 5.41 Å². The molecule has 4 aliphatic rings. The van der Waals surface area contributed by atoms with Crippen LogP contribution in [0.15, 0.2) is 41.5 Å². The van der Waals surface area contributed by atoms with Crippen LogP contribution in [0.5, 0.6) is 0 Å². The fourth-order valence-electron chi connectivity index (χ4n) is 7.41. The Morgan fingerprint density at radius 3 is 2.52 bits per heavy atom. The molecule has 156 valence electrons. The molecule has 1 aromatic carbocycles. The molecule has 0 bridgehead atoms. The lowest BCUT2D eigenvalue weighted by molar-refractivity contribution is -0.0685. The van der Waals surface area contributed by atoms with E-state index in [-0.39, 0.29) is 22.8 Å². The van der Waals surface area contributed by atoms with Gasteiger partial charge in [0.05, 0.1) is 12.2 Å². The van der Waals surface area contributed by atoms with E-state index in [4.69, 9.17) is 0 Å². The van der Waals surface area contributed by atoms with Crippen LogP contribution in [0, 0.1) is 34.4 Å². The average Bonchev–Trinajstić information content (AvgIpc) is 2.95. The number of fused-ring (bicyclic) bond motifs is 5. The Hall–Kier alpha value is -1.45. The SMILES string of the molecule is C[C@@]12CC[C@H]3[C@H](CC=C4C[C@H](O)CC[C@@]43C)[C@@H]1C/C(=C/c1ccc(F)cc1)[C@H]2O. The zero-order valence-electron chi connectivity index (χ0n) is 17.6. The largest absolute Gasteiger partial charge is 0.393 e. The average molecular weight is 397 g/mol. The zero-order valence-corrected chi connectivity index (χ0v) is 17.6. The second kappa shape index (κ2) is 6.78. The first-order chi connectivity index (χ1) is 13.8. The van der Waals surface area contributed by atoms with Crippen molar-refractivity contribution in [2.24, 2.45) is 28.6 Å². The van der Waals surface area contributed by atoms with E-state index in [2.05, 4.69) is 26.0 Å². The molecule has 3 saturated carbocycles. The summed E-state index contributed by atoms with van der Waals surface area (Å²) in [6.07, 6.45) is 11.0. The molecule has 0 aromatic heterocycles. The van der Waals surface area contributed by atoms with Crippen molar-refractivity contribution in [2.45, 2.75) is 71.0 Å². The summed E-state index contributed by atoms with van der Waals surface area (Å²) in [5, 5.41) is 21.5. The summed E-state index contributed by atoms with van der Waals surface area (Å²) in [5.74, 6) is 1.53. The molecule has 0 radical (unpaired) electrons. The second-order valence-electron chi connectivity index (χ2n) is 10.6. The van der Waals surface area contributed by atoms with Crippen LogP contribution < -0.4 is 0 Å². The molecule has 3 fully saturated rings. The van der Waals surface area contributed by atoms with Gasteiger partial charge in [-0.1, -0.05) is 43.7 Å². The highest BCUT2D eigenvalue weighted by atomic mass is 19.1. The standard InChI is InChI=1S/C26H33FO2/c1-25-11-9-20(28)15-18(25)5-8-21-22(25)10-12-26(2)23(21)14-17(24(26)29)13-16-3-6-19(27)7-4-16/h3-7,13,20-24,28-29H,8-12,14-15H2,1-2H3/b17-13-/t20-,21+,22+,23+,24-,25+,26-/m1/s1. The third-order valence-electron chi connectivity index (χ3n) is 9.17. The Bertz CT molecular complexity index is 856. The van der Waals surface area contributed by atoms with Gasteiger partial charge in [-0.25, -0.2) is 4.39 Å². The van der Waals surface area contributed by atoms with E-state index in [0.717, 1.165) is 49.7 Å². The Morgan fingerprint density at radius 2 is 1.76 bits per heavy atom. The zero-order chi connectivity index (χ0) is 20.4. The van der Waals surface area contributed by atoms with Crippen molar-refractivity contribution in [3.8, 4) is 0 Å². The number of aliphatic hydroxyl groups is 2. The molecule has 5 rings (SSSR count). The molecule has 7 atom stereocenters. The van der Waals surface area contributed by atoms with Gasteiger partial charge in [0.2, 0.25) is 0 Å². The summed E-state index contributed by atoms with van der Waals surface area (Å²) in [6.45, 7) is 4.72. The Morgan fingerprint density at radius 1 is 1.00 bits per heavy atom. The Balaban J connectivity index is 1.46. The summed E-state index contributed by atoms with van der Waals surface area (Å²) >= 11 is 0. The van der Waals surface area contributed by atoms with Crippen LogP contribution in [0.3, 0.4) is 0 Å². The number of rotatable bonds is 1. The molecule has 0 spiro atoms. The van der Waals surface area contributed by atoms with Gasteiger partial charge in [0.15, 0.2) is 0 Å².